The minimum atomic E-state index is 0. The molecule has 0 amide bonds. The van der Waals surface area contributed by atoms with Crippen molar-refractivity contribution in [2.45, 2.75) is 6.54 Å². The van der Waals surface area contributed by atoms with Gasteiger partial charge >= 0.3 is 0 Å². The van der Waals surface area contributed by atoms with Gasteiger partial charge in [0.2, 0.25) is 0 Å². The van der Waals surface area contributed by atoms with E-state index < -0.39 is 0 Å². The van der Waals surface area contributed by atoms with Crippen molar-refractivity contribution in [2.75, 3.05) is 0 Å². The van der Waals surface area contributed by atoms with Crippen LogP contribution in [0.25, 0.3) is 0 Å². The van der Waals surface area contributed by atoms with Gasteiger partial charge in [0.15, 0.2) is 0 Å². The Morgan fingerprint density at radius 2 is 1.80 bits per heavy atom. The van der Waals surface area contributed by atoms with Gasteiger partial charge in [-0.2, -0.15) is 0 Å². The summed E-state index contributed by atoms with van der Waals surface area (Å²) in [6.07, 6.45) is 0. The molecule has 0 aliphatic carbocycles. The minimum absolute atomic E-state index is 0. The van der Waals surface area contributed by atoms with Crippen LogP contribution in [-0.2, 0) is 6.54 Å². The topological polar surface area (TPSA) is 47.0 Å². The lowest BCUT2D eigenvalue weighted by Crippen LogP contribution is -1.96. The van der Waals surface area contributed by atoms with Crippen molar-refractivity contribution in [3.63, 3.8) is 0 Å². The molecule has 1 aromatic rings. The van der Waals surface area contributed by atoms with Gasteiger partial charge in [-0.15, -0.1) is 0 Å². The van der Waals surface area contributed by atoms with Gasteiger partial charge in [-0.25, -0.2) is 4.84 Å². The van der Waals surface area contributed by atoms with Crippen molar-refractivity contribution < 1.29 is 0 Å². The van der Waals surface area contributed by atoms with Crippen LogP contribution in [0.5, 0.6) is 0 Å². The number of hydrogen-bond acceptors (Lipinski definition) is 2. The summed E-state index contributed by atoms with van der Waals surface area (Å²) in [5.74, 6) is 0. The first-order chi connectivity index (χ1) is 4.43. The van der Waals surface area contributed by atoms with E-state index in [0.29, 0.717) is 0 Å². The standard InChI is InChI=1S/C7H8ClN.H3N/c8-9-6-7-4-2-1-3-5-7;/h1-5,9H,6H2;1H3. The van der Waals surface area contributed by atoms with Crippen LogP contribution in [0.2, 0.25) is 0 Å². The van der Waals surface area contributed by atoms with E-state index in [9.17, 15) is 0 Å². The zero-order chi connectivity index (χ0) is 6.53. The first-order valence-corrected chi connectivity index (χ1v) is 3.18. The van der Waals surface area contributed by atoms with E-state index in [-0.39, 0.29) is 6.15 Å². The average Bonchev–Trinajstić information content (AvgIpc) is 1.91. The molecule has 0 aromatic heterocycles. The van der Waals surface area contributed by atoms with Gasteiger partial charge in [0.25, 0.3) is 0 Å². The average molecular weight is 159 g/mol. The predicted molar refractivity (Wildman–Crippen MR) is 44.2 cm³/mol. The molecule has 4 N–H and O–H groups in total. The van der Waals surface area contributed by atoms with Crippen molar-refractivity contribution in [3.8, 4) is 0 Å². The number of rotatable bonds is 2. The van der Waals surface area contributed by atoms with Crippen molar-refractivity contribution in [1.82, 2.24) is 11.0 Å². The summed E-state index contributed by atoms with van der Waals surface area (Å²) in [5.41, 5.74) is 1.20. The summed E-state index contributed by atoms with van der Waals surface area (Å²) in [6.45, 7) is 0.725. The van der Waals surface area contributed by atoms with E-state index in [1.54, 1.807) is 0 Å². The molecule has 1 rings (SSSR count). The second-order valence-corrected chi connectivity index (χ2v) is 2.06. The lowest BCUT2D eigenvalue weighted by Gasteiger charge is -1.94. The van der Waals surface area contributed by atoms with Crippen molar-refractivity contribution >= 4 is 11.8 Å². The Bertz CT molecular complexity index is 165. The van der Waals surface area contributed by atoms with Crippen LogP contribution in [0.4, 0.5) is 0 Å². The highest BCUT2D eigenvalue weighted by atomic mass is 35.5. The molecule has 1 aromatic carbocycles. The largest absolute Gasteiger partial charge is 0.344 e. The summed E-state index contributed by atoms with van der Waals surface area (Å²) < 4.78 is 0. The van der Waals surface area contributed by atoms with E-state index in [4.69, 9.17) is 11.8 Å². The molecule has 3 heteroatoms. The van der Waals surface area contributed by atoms with Crippen LogP contribution in [0, 0.1) is 0 Å². The molecule has 2 nitrogen and oxygen atoms in total. The smallest absolute Gasteiger partial charge is 0.0359 e. The van der Waals surface area contributed by atoms with Gasteiger partial charge in [0.05, 0.1) is 0 Å². The molecule has 0 saturated heterocycles. The molecular formula is C7H11ClN2. The maximum Gasteiger partial charge on any atom is 0.0359 e. The molecule has 0 saturated carbocycles. The van der Waals surface area contributed by atoms with E-state index in [1.807, 2.05) is 30.3 Å². The highest BCUT2D eigenvalue weighted by Gasteiger charge is 1.84. The van der Waals surface area contributed by atoms with Gasteiger partial charge in [-0.1, -0.05) is 30.3 Å². The van der Waals surface area contributed by atoms with Gasteiger partial charge in [0.1, 0.15) is 0 Å². The fourth-order valence-corrected chi connectivity index (χ4v) is 0.827. The Kier molecular flexibility index (Phi) is 4.94. The number of hydrogen-bond donors (Lipinski definition) is 2. The molecule has 0 heterocycles. The first kappa shape index (κ1) is 9.43. The Labute approximate surface area is 65.9 Å². The summed E-state index contributed by atoms with van der Waals surface area (Å²) in [6, 6.07) is 10.0. The third kappa shape index (κ3) is 2.82. The first-order valence-electron chi connectivity index (χ1n) is 2.81. The van der Waals surface area contributed by atoms with Crippen molar-refractivity contribution in [3.05, 3.63) is 35.9 Å². The monoisotopic (exact) mass is 158 g/mol. The molecule has 0 aliphatic rings. The molecule has 0 unspecified atom stereocenters. The van der Waals surface area contributed by atoms with E-state index in [2.05, 4.69) is 4.84 Å². The zero-order valence-electron chi connectivity index (χ0n) is 5.68. The number of nitrogens with one attached hydrogen (secondary N) is 1. The number of halogens is 1. The van der Waals surface area contributed by atoms with Crippen molar-refractivity contribution in [1.29, 1.82) is 0 Å². The molecule has 0 atom stereocenters. The van der Waals surface area contributed by atoms with Crippen LogP contribution < -0.4 is 11.0 Å². The summed E-state index contributed by atoms with van der Waals surface area (Å²) >= 11 is 5.29. The normalized spacial score (nSPS) is 8.50. The highest BCUT2D eigenvalue weighted by Crippen LogP contribution is 1.96. The third-order valence-corrected chi connectivity index (χ3v) is 1.25. The lowest BCUT2D eigenvalue weighted by molar-refractivity contribution is 0.964. The van der Waals surface area contributed by atoms with Gasteiger partial charge in [-0.05, 0) is 17.3 Å². The van der Waals surface area contributed by atoms with Crippen LogP contribution in [0.3, 0.4) is 0 Å². The summed E-state index contributed by atoms with van der Waals surface area (Å²) in [5, 5.41) is 0. The minimum Gasteiger partial charge on any atom is -0.344 e. The van der Waals surface area contributed by atoms with Crippen LogP contribution in [0.1, 0.15) is 5.56 Å². The molecule has 0 spiro atoms. The molecule has 0 radical (unpaired) electrons. The summed E-state index contributed by atoms with van der Waals surface area (Å²) in [7, 11) is 0. The van der Waals surface area contributed by atoms with Gasteiger partial charge in [0, 0.05) is 6.54 Å². The van der Waals surface area contributed by atoms with E-state index in [0.717, 1.165) is 6.54 Å². The second-order valence-electron chi connectivity index (χ2n) is 1.80. The maximum atomic E-state index is 5.29. The molecule has 56 valence electrons. The predicted octanol–water partition coefficient (Wildman–Crippen LogP) is 2.09. The molecule has 0 bridgehead atoms. The van der Waals surface area contributed by atoms with Gasteiger partial charge in [-0.3, -0.25) is 0 Å². The quantitative estimate of drug-likeness (QED) is 0.648. The second kappa shape index (κ2) is 5.23. The Morgan fingerprint density at radius 1 is 1.20 bits per heavy atom. The fraction of sp³-hybridized carbons (Fsp3) is 0.143. The highest BCUT2D eigenvalue weighted by molar-refractivity contribution is 6.13. The molecule has 0 fully saturated rings. The van der Waals surface area contributed by atoms with Crippen molar-refractivity contribution in [2.24, 2.45) is 0 Å². The molecular weight excluding hydrogens is 148 g/mol. The maximum absolute atomic E-state index is 5.29. The van der Waals surface area contributed by atoms with E-state index in [1.165, 1.54) is 5.56 Å². The fourth-order valence-electron chi connectivity index (χ4n) is 0.673. The van der Waals surface area contributed by atoms with Crippen LogP contribution in [0.15, 0.2) is 30.3 Å². The molecule has 10 heavy (non-hydrogen) atoms. The van der Waals surface area contributed by atoms with Crippen LogP contribution in [-0.4, -0.2) is 0 Å². The third-order valence-electron chi connectivity index (χ3n) is 1.11. The Hall–Kier alpha value is -0.570. The zero-order valence-corrected chi connectivity index (χ0v) is 6.43. The Morgan fingerprint density at radius 3 is 2.30 bits per heavy atom. The lowest BCUT2D eigenvalue weighted by atomic mass is 10.2. The number of benzene rings is 1. The Balaban J connectivity index is 0.000000810. The summed E-state index contributed by atoms with van der Waals surface area (Å²) in [4.78, 5) is 2.56. The molecule has 0 aliphatic heterocycles. The van der Waals surface area contributed by atoms with Crippen LogP contribution >= 0.6 is 11.8 Å². The van der Waals surface area contributed by atoms with Gasteiger partial charge < -0.3 is 6.15 Å². The van der Waals surface area contributed by atoms with E-state index >= 15 is 0 Å². The SMILES string of the molecule is ClNCc1ccccc1.N.